The molecule has 4 aliphatic rings. The Labute approximate surface area is 155 Å². The predicted molar refractivity (Wildman–Crippen MR) is 96.2 cm³/mol. The number of ketones is 1. The highest BCUT2D eigenvalue weighted by molar-refractivity contribution is 5.84. The minimum Gasteiger partial charge on any atom is -0.394 e. The predicted octanol–water partition coefficient (Wildman–Crippen LogP) is 1.65. The number of hydrogen-bond acceptors (Lipinski definition) is 5. The Morgan fingerprint density at radius 1 is 1.15 bits per heavy atom. The second-order valence-electron chi connectivity index (χ2n) is 10.2. The summed E-state index contributed by atoms with van der Waals surface area (Å²) in [6.07, 6.45) is 4.61. The van der Waals surface area contributed by atoms with E-state index >= 15 is 0 Å². The van der Waals surface area contributed by atoms with Gasteiger partial charge in [0, 0.05) is 17.8 Å². The van der Waals surface area contributed by atoms with Gasteiger partial charge in [0.15, 0.2) is 0 Å². The van der Waals surface area contributed by atoms with Crippen LogP contribution in [0.5, 0.6) is 0 Å². The molecule has 9 atom stereocenters. The number of fused-ring (bicyclic) bond motifs is 5. The molecule has 0 radical (unpaired) electrons. The van der Waals surface area contributed by atoms with Gasteiger partial charge in [-0.25, -0.2) is 0 Å². The van der Waals surface area contributed by atoms with Crippen LogP contribution < -0.4 is 0 Å². The van der Waals surface area contributed by atoms with E-state index in [9.17, 15) is 25.2 Å². The third kappa shape index (κ3) is 2.27. The van der Waals surface area contributed by atoms with Crippen LogP contribution in [0.3, 0.4) is 0 Å². The van der Waals surface area contributed by atoms with Crippen molar-refractivity contribution in [2.75, 3.05) is 6.61 Å². The summed E-state index contributed by atoms with van der Waals surface area (Å²) >= 11 is 0. The second-order valence-corrected chi connectivity index (χ2v) is 10.2. The van der Waals surface area contributed by atoms with Gasteiger partial charge in [0.05, 0.1) is 18.3 Å². The van der Waals surface area contributed by atoms with E-state index in [4.69, 9.17) is 0 Å². The lowest BCUT2D eigenvalue weighted by atomic mass is 9.44. The molecule has 0 aliphatic heterocycles. The second kappa shape index (κ2) is 6.00. The molecule has 1 unspecified atom stereocenters. The molecular formula is C21H34O5. The summed E-state index contributed by atoms with van der Waals surface area (Å²) in [6, 6.07) is 0. The van der Waals surface area contributed by atoms with E-state index < -0.39 is 23.7 Å². The average molecular weight is 366 g/mol. The fourth-order valence-electron chi connectivity index (χ4n) is 7.79. The zero-order valence-corrected chi connectivity index (χ0v) is 16.0. The van der Waals surface area contributed by atoms with E-state index in [2.05, 4.69) is 6.92 Å². The molecule has 4 N–H and O–H groups in total. The molecule has 0 aromatic carbocycles. The van der Waals surface area contributed by atoms with Crippen LogP contribution >= 0.6 is 0 Å². The average Bonchev–Trinajstić information content (AvgIpc) is 2.86. The van der Waals surface area contributed by atoms with E-state index in [0.717, 1.165) is 38.5 Å². The number of aliphatic hydroxyl groups is 4. The number of aliphatic hydroxyl groups excluding tert-OH is 3. The molecule has 0 spiro atoms. The highest BCUT2D eigenvalue weighted by Crippen LogP contribution is 2.67. The first-order chi connectivity index (χ1) is 12.2. The SMILES string of the molecule is C[C@]12CC[C@@H](O)CC1CC[C@@H]1[C@@H]2C(=O)C[C@@]2(C)[C@H]1CC[C@]2(O)[C@H](O)CO. The molecule has 4 aliphatic carbocycles. The summed E-state index contributed by atoms with van der Waals surface area (Å²) in [6.45, 7) is 3.74. The molecule has 0 heterocycles. The van der Waals surface area contributed by atoms with Gasteiger partial charge >= 0.3 is 0 Å². The maximum atomic E-state index is 13.4. The monoisotopic (exact) mass is 366 g/mol. The largest absolute Gasteiger partial charge is 0.394 e. The quantitative estimate of drug-likeness (QED) is 0.596. The number of rotatable bonds is 2. The zero-order valence-electron chi connectivity index (χ0n) is 16.0. The van der Waals surface area contributed by atoms with Crippen LogP contribution in [0.4, 0.5) is 0 Å². The standard InChI is InChI=1S/C21H34O5/c1-19-7-5-13(23)9-12(19)3-4-14-15-6-8-21(26,17(25)11-22)20(15,2)10-16(24)18(14)19/h12-15,17-18,22-23,25-26H,3-11H2,1-2H3/t12?,13-,14+,15+,17-,18-,19+,20+,21+/m1/s1. The van der Waals surface area contributed by atoms with Crippen LogP contribution in [0.15, 0.2) is 0 Å². The van der Waals surface area contributed by atoms with Crippen LogP contribution in [-0.2, 0) is 4.79 Å². The molecule has 5 nitrogen and oxygen atoms in total. The Morgan fingerprint density at radius 2 is 1.88 bits per heavy atom. The third-order valence-corrected chi connectivity index (χ3v) is 9.27. The summed E-state index contributed by atoms with van der Waals surface area (Å²) < 4.78 is 0. The van der Waals surface area contributed by atoms with Gasteiger partial charge in [-0.2, -0.15) is 0 Å². The van der Waals surface area contributed by atoms with Crippen molar-refractivity contribution in [2.24, 2.45) is 34.5 Å². The summed E-state index contributed by atoms with van der Waals surface area (Å²) in [5, 5.41) is 41.2. The van der Waals surface area contributed by atoms with Gasteiger partial charge in [-0.1, -0.05) is 13.8 Å². The van der Waals surface area contributed by atoms with Gasteiger partial charge in [-0.3, -0.25) is 4.79 Å². The number of hydrogen-bond donors (Lipinski definition) is 4. The minimum atomic E-state index is -1.38. The first-order valence-corrected chi connectivity index (χ1v) is 10.4. The lowest BCUT2D eigenvalue weighted by molar-refractivity contribution is -0.196. The van der Waals surface area contributed by atoms with Crippen LogP contribution in [0.25, 0.3) is 0 Å². The summed E-state index contributed by atoms with van der Waals surface area (Å²) in [4.78, 5) is 13.4. The van der Waals surface area contributed by atoms with Crippen molar-refractivity contribution in [2.45, 2.75) is 83.0 Å². The van der Waals surface area contributed by atoms with Gasteiger partial charge in [-0.15, -0.1) is 0 Å². The molecule has 4 fully saturated rings. The van der Waals surface area contributed by atoms with Crippen LogP contribution in [0.1, 0.15) is 65.2 Å². The Kier molecular flexibility index (Phi) is 4.35. The van der Waals surface area contributed by atoms with Gasteiger partial charge in [-0.05, 0) is 68.1 Å². The Bertz CT molecular complexity index is 593. The fourth-order valence-corrected chi connectivity index (χ4v) is 7.79. The molecule has 0 bridgehead atoms. The summed E-state index contributed by atoms with van der Waals surface area (Å²) in [7, 11) is 0. The van der Waals surface area contributed by atoms with Crippen LogP contribution in [0.2, 0.25) is 0 Å². The molecule has 26 heavy (non-hydrogen) atoms. The van der Waals surface area contributed by atoms with Gasteiger partial charge < -0.3 is 20.4 Å². The first-order valence-electron chi connectivity index (χ1n) is 10.4. The van der Waals surface area contributed by atoms with Crippen LogP contribution in [-0.4, -0.2) is 50.6 Å². The van der Waals surface area contributed by atoms with E-state index in [-0.39, 0.29) is 41.5 Å². The Hall–Kier alpha value is -0.490. The third-order valence-electron chi connectivity index (χ3n) is 9.27. The lowest BCUT2D eigenvalue weighted by Crippen LogP contribution is -2.63. The van der Waals surface area contributed by atoms with Gasteiger partial charge in [0.25, 0.3) is 0 Å². The molecule has 4 rings (SSSR count). The summed E-state index contributed by atoms with van der Waals surface area (Å²) in [5.74, 6) is 1.10. The van der Waals surface area contributed by atoms with Crippen molar-refractivity contribution in [1.29, 1.82) is 0 Å². The normalized spacial score (nSPS) is 55.0. The highest BCUT2D eigenvalue weighted by atomic mass is 16.4. The number of Topliss-reactive ketones (excluding diaryl/α,β-unsaturated/α-hetero) is 1. The molecule has 0 aromatic rings. The smallest absolute Gasteiger partial charge is 0.137 e. The molecule has 5 heteroatoms. The van der Waals surface area contributed by atoms with Crippen molar-refractivity contribution in [3.63, 3.8) is 0 Å². The fraction of sp³-hybridized carbons (Fsp3) is 0.952. The highest BCUT2D eigenvalue weighted by Gasteiger charge is 2.68. The molecule has 0 aromatic heterocycles. The lowest BCUT2D eigenvalue weighted by Gasteiger charge is -2.60. The van der Waals surface area contributed by atoms with Crippen molar-refractivity contribution in [3.05, 3.63) is 0 Å². The van der Waals surface area contributed by atoms with Crippen molar-refractivity contribution >= 4 is 5.78 Å². The van der Waals surface area contributed by atoms with Crippen LogP contribution in [0, 0.1) is 34.5 Å². The van der Waals surface area contributed by atoms with E-state index in [0.29, 0.717) is 12.3 Å². The molecular weight excluding hydrogens is 332 g/mol. The van der Waals surface area contributed by atoms with E-state index in [1.807, 2.05) is 6.92 Å². The van der Waals surface area contributed by atoms with E-state index in [1.54, 1.807) is 0 Å². The zero-order chi connectivity index (χ0) is 18.9. The van der Waals surface area contributed by atoms with Crippen molar-refractivity contribution in [1.82, 2.24) is 0 Å². The van der Waals surface area contributed by atoms with Gasteiger partial charge in [0.2, 0.25) is 0 Å². The maximum Gasteiger partial charge on any atom is 0.137 e. The molecule has 4 saturated carbocycles. The topological polar surface area (TPSA) is 98.0 Å². The Balaban J connectivity index is 1.69. The van der Waals surface area contributed by atoms with Crippen molar-refractivity contribution < 1.29 is 25.2 Å². The first kappa shape index (κ1) is 18.9. The summed E-state index contributed by atoms with van der Waals surface area (Å²) in [5.41, 5.74) is -2.09. The number of carbonyl (C=O) groups excluding carboxylic acids is 1. The minimum absolute atomic E-state index is 0.0143. The Morgan fingerprint density at radius 3 is 2.58 bits per heavy atom. The maximum absolute atomic E-state index is 13.4. The number of carbonyl (C=O) groups is 1. The molecule has 0 saturated heterocycles. The molecule has 0 amide bonds. The molecule has 148 valence electrons. The van der Waals surface area contributed by atoms with Gasteiger partial charge in [0.1, 0.15) is 11.9 Å². The van der Waals surface area contributed by atoms with Crippen molar-refractivity contribution in [3.8, 4) is 0 Å². The van der Waals surface area contributed by atoms with E-state index in [1.165, 1.54) is 0 Å².